The minimum absolute atomic E-state index is 0.0140. The molecule has 0 atom stereocenters. The van der Waals surface area contributed by atoms with Crippen LogP contribution in [0.5, 0.6) is 0 Å². The van der Waals surface area contributed by atoms with Gasteiger partial charge in [0.2, 0.25) is 5.91 Å². The van der Waals surface area contributed by atoms with E-state index >= 15 is 0 Å². The SMILES string of the molecule is CC(C)c1cccc(C(C)C)c1NC(=O)CN(CCC#N)CCN1CCOCC1. The third-order valence-corrected chi connectivity index (χ3v) is 5.38. The van der Waals surface area contributed by atoms with Gasteiger partial charge in [-0.05, 0) is 23.0 Å². The fraction of sp³-hybridized carbons (Fsp3) is 0.652. The van der Waals surface area contributed by atoms with Crippen molar-refractivity contribution in [2.75, 3.05) is 57.8 Å². The van der Waals surface area contributed by atoms with Gasteiger partial charge in [-0.1, -0.05) is 45.9 Å². The molecule has 1 N–H and O–H groups in total. The predicted molar refractivity (Wildman–Crippen MR) is 117 cm³/mol. The van der Waals surface area contributed by atoms with Crippen LogP contribution in [0.25, 0.3) is 0 Å². The molecular weight excluding hydrogens is 364 g/mol. The highest BCUT2D eigenvalue weighted by molar-refractivity contribution is 5.94. The summed E-state index contributed by atoms with van der Waals surface area (Å²) >= 11 is 0. The second-order valence-corrected chi connectivity index (χ2v) is 8.31. The molecule has 0 aromatic heterocycles. The van der Waals surface area contributed by atoms with Crippen LogP contribution in [0.3, 0.4) is 0 Å². The Morgan fingerprint density at radius 3 is 2.34 bits per heavy atom. The van der Waals surface area contributed by atoms with Crippen LogP contribution in [0.1, 0.15) is 57.1 Å². The highest BCUT2D eigenvalue weighted by atomic mass is 16.5. The summed E-state index contributed by atoms with van der Waals surface area (Å²) in [6, 6.07) is 8.46. The number of carbonyl (C=O) groups is 1. The summed E-state index contributed by atoms with van der Waals surface area (Å²) in [6.45, 7) is 14.6. The largest absolute Gasteiger partial charge is 0.379 e. The number of nitrogens with one attached hydrogen (secondary N) is 1. The maximum Gasteiger partial charge on any atom is 0.238 e. The van der Waals surface area contributed by atoms with Crippen molar-refractivity contribution in [1.29, 1.82) is 5.26 Å². The molecule has 1 heterocycles. The second kappa shape index (κ2) is 11.9. The topological polar surface area (TPSA) is 68.6 Å². The van der Waals surface area contributed by atoms with Crippen molar-refractivity contribution in [2.24, 2.45) is 0 Å². The van der Waals surface area contributed by atoms with Crippen LogP contribution in [0.2, 0.25) is 0 Å². The van der Waals surface area contributed by atoms with Crippen molar-refractivity contribution in [1.82, 2.24) is 9.80 Å². The molecule has 6 heteroatoms. The molecule has 2 rings (SSSR count). The maximum absolute atomic E-state index is 12.9. The summed E-state index contributed by atoms with van der Waals surface area (Å²) in [7, 11) is 0. The van der Waals surface area contributed by atoms with Gasteiger partial charge in [0.25, 0.3) is 0 Å². The zero-order chi connectivity index (χ0) is 21.2. The first-order valence-corrected chi connectivity index (χ1v) is 10.7. The number of hydrogen-bond donors (Lipinski definition) is 1. The average Bonchev–Trinajstić information content (AvgIpc) is 2.70. The van der Waals surface area contributed by atoms with E-state index in [1.54, 1.807) is 0 Å². The molecule has 1 saturated heterocycles. The maximum atomic E-state index is 12.9. The number of anilines is 1. The Hall–Kier alpha value is -1.94. The van der Waals surface area contributed by atoms with Crippen molar-refractivity contribution >= 4 is 11.6 Å². The van der Waals surface area contributed by atoms with Crippen molar-refractivity contribution in [3.63, 3.8) is 0 Å². The first-order valence-electron chi connectivity index (χ1n) is 10.7. The predicted octanol–water partition coefficient (Wildman–Crippen LogP) is 3.42. The van der Waals surface area contributed by atoms with Crippen molar-refractivity contribution in [3.05, 3.63) is 29.3 Å². The number of nitriles is 1. The first kappa shape index (κ1) is 23.3. The van der Waals surface area contributed by atoms with Crippen LogP contribution in [-0.4, -0.2) is 68.2 Å². The van der Waals surface area contributed by atoms with Gasteiger partial charge < -0.3 is 10.1 Å². The average molecular weight is 401 g/mol. The monoisotopic (exact) mass is 400 g/mol. The fourth-order valence-electron chi connectivity index (χ4n) is 3.66. The van der Waals surface area contributed by atoms with E-state index < -0.39 is 0 Å². The highest BCUT2D eigenvalue weighted by Crippen LogP contribution is 2.32. The zero-order valence-corrected chi connectivity index (χ0v) is 18.4. The lowest BCUT2D eigenvalue weighted by molar-refractivity contribution is -0.117. The molecule has 1 fully saturated rings. The quantitative estimate of drug-likeness (QED) is 0.652. The normalized spacial score (nSPS) is 15.1. The summed E-state index contributed by atoms with van der Waals surface area (Å²) in [4.78, 5) is 17.4. The molecule has 1 aromatic carbocycles. The minimum Gasteiger partial charge on any atom is -0.379 e. The summed E-state index contributed by atoms with van der Waals surface area (Å²) < 4.78 is 5.40. The van der Waals surface area contributed by atoms with Crippen molar-refractivity contribution in [2.45, 2.75) is 46.0 Å². The van der Waals surface area contributed by atoms with Gasteiger partial charge in [-0.3, -0.25) is 14.6 Å². The molecule has 1 aliphatic heterocycles. The van der Waals surface area contributed by atoms with Crippen LogP contribution in [0, 0.1) is 11.3 Å². The number of benzene rings is 1. The van der Waals surface area contributed by atoms with Gasteiger partial charge in [-0.15, -0.1) is 0 Å². The molecule has 1 aliphatic rings. The Balaban J connectivity index is 2.04. The number of para-hydroxylation sites is 1. The van der Waals surface area contributed by atoms with Gasteiger partial charge >= 0.3 is 0 Å². The van der Waals surface area contributed by atoms with Gasteiger partial charge in [-0.25, -0.2) is 0 Å². The van der Waals surface area contributed by atoms with Crippen LogP contribution >= 0.6 is 0 Å². The Kier molecular flexibility index (Phi) is 9.59. The molecule has 0 bridgehead atoms. The van der Waals surface area contributed by atoms with E-state index in [0.29, 0.717) is 31.3 Å². The molecule has 1 amide bonds. The lowest BCUT2D eigenvalue weighted by Crippen LogP contribution is -2.43. The summed E-state index contributed by atoms with van der Waals surface area (Å²) in [6.07, 6.45) is 0.427. The Labute approximate surface area is 175 Å². The number of carbonyl (C=O) groups excluding carboxylic acids is 1. The molecular formula is C23H36N4O2. The molecule has 160 valence electrons. The van der Waals surface area contributed by atoms with E-state index in [2.05, 4.69) is 67.1 Å². The van der Waals surface area contributed by atoms with Crippen LogP contribution in [0.15, 0.2) is 18.2 Å². The van der Waals surface area contributed by atoms with Crippen LogP contribution < -0.4 is 5.32 Å². The molecule has 1 aromatic rings. The minimum atomic E-state index is -0.0140. The molecule has 6 nitrogen and oxygen atoms in total. The molecule has 0 spiro atoms. The number of nitrogens with zero attached hydrogens (tertiary/aromatic N) is 3. The third-order valence-electron chi connectivity index (χ3n) is 5.38. The van der Waals surface area contributed by atoms with E-state index in [9.17, 15) is 4.79 Å². The van der Waals surface area contributed by atoms with Crippen molar-refractivity contribution in [3.8, 4) is 6.07 Å². The number of amides is 1. The van der Waals surface area contributed by atoms with Gasteiger partial charge in [0.15, 0.2) is 0 Å². The third kappa shape index (κ3) is 7.43. The standard InChI is InChI=1S/C23H36N4O2/c1-18(2)20-7-5-8-21(19(3)4)23(20)25-22(28)17-27(10-6-9-24)12-11-26-13-15-29-16-14-26/h5,7-8,18-19H,6,10-17H2,1-4H3,(H,25,28). The van der Waals surface area contributed by atoms with Gasteiger partial charge in [-0.2, -0.15) is 5.26 Å². The van der Waals surface area contributed by atoms with Gasteiger partial charge in [0.05, 0.1) is 25.8 Å². The lowest BCUT2D eigenvalue weighted by atomic mass is 9.92. The number of hydrogen-bond acceptors (Lipinski definition) is 5. The summed E-state index contributed by atoms with van der Waals surface area (Å²) in [5.41, 5.74) is 3.29. The fourth-order valence-corrected chi connectivity index (χ4v) is 3.66. The van der Waals surface area contributed by atoms with Gasteiger partial charge in [0, 0.05) is 44.8 Å². The summed E-state index contributed by atoms with van der Waals surface area (Å²) in [5, 5.41) is 12.2. The second-order valence-electron chi connectivity index (χ2n) is 8.31. The van der Waals surface area contributed by atoms with Crippen LogP contribution in [0.4, 0.5) is 5.69 Å². The molecule has 0 aliphatic carbocycles. The molecule has 0 unspecified atom stereocenters. The van der Waals surface area contributed by atoms with Crippen molar-refractivity contribution < 1.29 is 9.53 Å². The Morgan fingerprint density at radius 1 is 1.17 bits per heavy atom. The van der Waals surface area contributed by atoms with E-state index in [0.717, 1.165) is 45.1 Å². The van der Waals surface area contributed by atoms with E-state index in [1.807, 2.05) is 0 Å². The molecule has 29 heavy (non-hydrogen) atoms. The molecule has 0 saturated carbocycles. The number of rotatable bonds is 10. The number of ether oxygens (including phenoxy) is 1. The smallest absolute Gasteiger partial charge is 0.238 e. The number of morpholine rings is 1. The summed E-state index contributed by atoms with van der Waals surface area (Å²) in [5.74, 6) is 0.653. The Morgan fingerprint density at radius 2 is 1.79 bits per heavy atom. The lowest BCUT2D eigenvalue weighted by Gasteiger charge is -2.29. The van der Waals surface area contributed by atoms with Gasteiger partial charge in [0.1, 0.15) is 0 Å². The molecule has 0 radical (unpaired) electrons. The van der Waals surface area contributed by atoms with E-state index in [4.69, 9.17) is 10.00 Å². The highest BCUT2D eigenvalue weighted by Gasteiger charge is 2.18. The Bertz CT molecular complexity index is 664. The zero-order valence-electron chi connectivity index (χ0n) is 18.4. The van der Waals surface area contributed by atoms with E-state index in [-0.39, 0.29) is 5.91 Å². The van der Waals surface area contributed by atoms with Crippen LogP contribution in [-0.2, 0) is 9.53 Å². The first-order chi connectivity index (χ1) is 13.9. The van der Waals surface area contributed by atoms with E-state index in [1.165, 1.54) is 11.1 Å².